The summed E-state index contributed by atoms with van der Waals surface area (Å²) in [7, 11) is 4.73. The highest BCUT2D eigenvalue weighted by Crippen LogP contribution is 2.24. The maximum atomic E-state index is 13.3. The van der Waals surface area contributed by atoms with Gasteiger partial charge in [0.25, 0.3) is 5.56 Å². The van der Waals surface area contributed by atoms with Gasteiger partial charge in [0.1, 0.15) is 5.75 Å². The molecule has 2 aromatic carbocycles. The zero-order chi connectivity index (χ0) is 20.8. The summed E-state index contributed by atoms with van der Waals surface area (Å²) in [6.45, 7) is 2.10. The molecule has 0 amide bonds. The largest absolute Gasteiger partial charge is 0.497 e. The molecule has 0 bridgehead atoms. The van der Waals surface area contributed by atoms with Crippen LogP contribution in [0, 0.1) is 0 Å². The molecule has 0 saturated carbocycles. The predicted octanol–water partition coefficient (Wildman–Crippen LogP) is 3.27. The fourth-order valence-corrected chi connectivity index (χ4v) is 3.03. The third-order valence-electron chi connectivity index (χ3n) is 4.65. The molecule has 0 fully saturated rings. The number of hydrogen-bond acceptors (Lipinski definition) is 5. The maximum Gasteiger partial charge on any atom is 0.280 e. The summed E-state index contributed by atoms with van der Waals surface area (Å²) in [5.41, 5.74) is 3.23. The highest BCUT2D eigenvalue weighted by molar-refractivity contribution is 6.03. The smallest absolute Gasteiger partial charge is 0.280 e. The van der Waals surface area contributed by atoms with Gasteiger partial charge in [-0.1, -0.05) is 18.2 Å². The Balaban J connectivity index is 2.12. The Morgan fingerprint density at radius 3 is 2.28 bits per heavy atom. The first-order valence-electron chi connectivity index (χ1n) is 9.21. The summed E-state index contributed by atoms with van der Waals surface area (Å²) in [6, 6.07) is 17.0. The maximum absolute atomic E-state index is 13.3. The van der Waals surface area contributed by atoms with Crippen LogP contribution in [-0.2, 0) is 9.47 Å². The van der Waals surface area contributed by atoms with Crippen LogP contribution in [0.1, 0.15) is 12.5 Å². The summed E-state index contributed by atoms with van der Waals surface area (Å²) in [5, 5.41) is 3.24. The molecule has 1 N–H and O–H groups in total. The number of ether oxygens (including phenoxy) is 3. The second kappa shape index (κ2) is 9.36. The molecule has 3 rings (SSSR count). The lowest BCUT2D eigenvalue weighted by molar-refractivity contribution is -0.0936. The molecule has 0 atom stereocenters. The molecule has 0 spiro atoms. The van der Waals surface area contributed by atoms with Crippen LogP contribution >= 0.6 is 0 Å². The van der Waals surface area contributed by atoms with Crippen LogP contribution in [0.5, 0.6) is 5.75 Å². The summed E-state index contributed by atoms with van der Waals surface area (Å²) >= 11 is 0. The Morgan fingerprint density at radius 1 is 1.03 bits per heavy atom. The normalized spacial score (nSPS) is 11.8. The van der Waals surface area contributed by atoms with Gasteiger partial charge in [0.05, 0.1) is 30.6 Å². The average Bonchev–Trinajstić information content (AvgIpc) is 3.12. The van der Waals surface area contributed by atoms with Crippen LogP contribution in [0.2, 0.25) is 0 Å². The Labute approximate surface area is 169 Å². The Hall–Kier alpha value is -3.16. The molecule has 7 heteroatoms. The molecular formula is C22H25N3O4. The number of nitrogens with zero attached hydrogens (tertiary/aromatic N) is 2. The summed E-state index contributed by atoms with van der Waals surface area (Å²) < 4.78 is 17.2. The van der Waals surface area contributed by atoms with Gasteiger partial charge < -0.3 is 14.2 Å². The Kier molecular flexibility index (Phi) is 6.64. The van der Waals surface area contributed by atoms with Crippen molar-refractivity contribution in [3.8, 4) is 22.7 Å². The van der Waals surface area contributed by atoms with Crippen molar-refractivity contribution in [1.29, 1.82) is 0 Å². The van der Waals surface area contributed by atoms with E-state index in [-0.39, 0.29) is 12.1 Å². The first-order chi connectivity index (χ1) is 14.1. The molecule has 3 aromatic rings. The number of aromatic nitrogens is 2. The lowest BCUT2D eigenvalue weighted by Crippen LogP contribution is -2.21. The van der Waals surface area contributed by atoms with Gasteiger partial charge in [-0.15, -0.1) is 0 Å². The van der Waals surface area contributed by atoms with E-state index in [1.807, 2.05) is 61.5 Å². The van der Waals surface area contributed by atoms with Gasteiger partial charge in [-0.25, -0.2) is 4.68 Å². The molecule has 29 heavy (non-hydrogen) atoms. The van der Waals surface area contributed by atoms with Crippen molar-refractivity contribution in [2.45, 2.75) is 13.2 Å². The number of aliphatic imine (C=N–C) groups is 1. The molecule has 0 aliphatic carbocycles. The molecule has 0 aliphatic rings. The second-order valence-electron chi connectivity index (χ2n) is 6.39. The molecular weight excluding hydrogens is 370 g/mol. The Morgan fingerprint density at radius 2 is 1.69 bits per heavy atom. The van der Waals surface area contributed by atoms with Gasteiger partial charge in [0.2, 0.25) is 0 Å². The quantitative estimate of drug-likeness (QED) is 0.469. The number of H-pyrrole nitrogens is 1. The van der Waals surface area contributed by atoms with E-state index in [0.29, 0.717) is 17.0 Å². The SMILES string of the molecule is COc1ccc(-c2[nH]n(-c3ccccc3)c(=O)c2C(C)=NCC(OC)OC)cc1. The van der Waals surface area contributed by atoms with Crippen molar-refractivity contribution in [2.24, 2.45) is 4.99 Å². The van der Waals surface area contributed by atoms with Crippen LogP contribution in [0.15, 0.2) is 64.4 Å². The summed E-state index contributed by atoms with van der Waals surface area (Å²) in [4.78, 5) is 17.8. The minimum absolute atomic E-state index is 0.172. The van der Waals surface area contributed by atoms with Crippen molar-refractivity contribution < 1.29 is 14.2 Å². The predicted molar refractivity (Wildman–Crippen MR) is 113 cm³/mol. The summed E-state index contributed by atoms with van der Waals surface area (Å²) in [6.07, 6.45) is -0.468. The van der Waals surface area contributed by atoms with Gasteiger partial charge in [0.15, 0.2) is 6.29 Å². The van der Waals surface area contributed by atoms with E-state index in [1.54, 1.807) is 21.3 Å². The zero-order valence-corrected chi connectivity index (χ0v) is 17.0. The number of rotatable bonds is 8. The monoisotopic (exact) mass is 395 g/mol. The van der Waals surface area contributed by atoms with Crippen molar-refractivity contribution in [2.75, 3.05) is 27.9 Å². The van der Waals surface area contributed by atoms with E-state index in [4.69, 9.17) is 14.2 Å². The number of nitrogens with one attached hydrogen (secondary N) is 1. The molecule has 7 nitrogen and oxygen atoms in total. The minimum Gasteiger partial charge on any atom is -0.497 e. The molecule has 0 unspecified atom stereocenters. The fourth-order valence-electron chi connectivity index (χ4n) is 3.03. The van der Waals surface area contributed by atoms with Gasteiger partial charge in [-0.3, -0.25) is 14.9 Å². The van der Waals surface area contributed by atoms with Crippen molar-refractivity contribution in [3.63, 3.8) is 0 Å². The fraction of sp³-hybridized carbons (Fsp3) is 0.273. The van der Waals surface area contributed by atoms with E-state index in [2.05, 4.69) is 10.1 Å². The van der Waals surface area contributed by atoms with Crippen LogP contribution in [0.25, 0.3) is 16.9 Å². The topological polar surface area (TPSA) is 77.8 Å². The van der Waals surface area contributed by atoms with Crippen molar-refractivity contribution >= 4 is 5.71 Å². The average molecular weight is 395 g/mol. The summed E-state index contributed by atoms with van der Waals surface area (Å²) in [5.74, 6) is 0.744. The second-order valence-corrected chi connectivity index (χ2v) is 6.39. The van der Waals surface area contributed by atoms with Gasteiger partial charge in [-0.05, 0) is 43.3 Å². The molecule has 1 aromatic heterocycles. The third kappa shape index (κ3) is 4.47. The number of hydrogen-bond donors (Lipinski definition) is 1. The van der Waals surface area contributed by atoms with Crippen molar-refractivity contribution in [3.05, 3.63) is 70.5 Å². The number of benzene rings is 2. The van der Waals surface area contributed by atoms with Crippen LogP contribution < -0.4 is 10.3 Å². The van der Waals surface area contributed by atoms with E-state index in [0.717, 1.165) is 17.0 Å². The molecule has 1 heterocycles. The highest BCUT2D eigenvalue weighted by atomic mass is 16.7. The lowest BCUT2D eigenvalue weighted by atomic mass is 10.1. The van der Waals surface area contributed by atoms with E-state index in [1.165, 1.54) is 4.68 Å². The standard InChI is InChI=1S/C22H25N3O4/c1-15(23-14-19(28-3)29-4)20-21(16-10-12-18(27-2)13-11-16)24-25(22(20)26)17-8-6-5-7-9-17/h5-13,19,24H,14H2,1-4H3. The lowest BCUT2D eigenvalue weighted by Gasteiger charge is -2.10. The zero-order valence-electron chi connectivity index (χ0n) is 17.0. The Bertz CT molecular complexity index is 1020. The van der Waals surface area contributed by atoms with E-state index < -0.39 is 6.29 Å². The minimum atomic E-state index is -0.468. The van der Waals surface area contributed by atoms with Crippen molar-refractivity contribution in [1.82, 2.24) is 9.78 Å². The van der Waals surface area contributed by atoms with Gasteiger partial charge >= 0.3 is 0 Å². The third-order valence-corrected chi connectivity index (χ3v) is 4.65. The van der Waals surface area contributed by atoms with Crippen LogP contribution in [-0.4, -0.2) is 49.7 Å². The molecule has 152 valence electrons. The number of para-hydroxylation sites is 1. The van der Waals surface area contributed by atoms with Crippen LogP contribution in [0.3, 0.4) is 0 Å². The highest BCUT2D eigenvalue weighted by Gasteiger charge is 2.19. The molecule has 0 radical (unpaired) electrons. The van der Waals surface area contributed by atoms with Gasteiger partial charge in [-0.2, -0.15) is 0 Å². The number of aromatic amines is 1. The van der Waals surface area contributed by atoms with E-state index in [9.17, 15) is 4.79 Å². The number of methoxy groups -OCH3 is 3. The first-order valence-corrected chi connectivity index (χ1v) is 9.21. The van der Waals surface area contributed by atoms with Gasteiger partial charge in [0, 0.05) is 25.5 Å². The van der Waals surface area contributed by atoms with Crippen LogP contribution in [0.4, 0.5) is 0 Å². The molecule has 0 saturated heterocycles. The first kappa shape index (κ1) is 20.6. The van der Waals surface area contributed by atoms with E-state index >= 15 is 0 Å². The molecule has 0 aliphatic heterocycles.